The molecule has 1 nitrogen and oxygen atoms in total. The van der Waals surface area contributed by atoms with Crippen LogP contribution in [0, 0.1) is 12.3 Å². The van der Waals surface area contributed by atoms with E-state index in [1.54, 1.807) is 0 Å². The zero-order chi connectivity index (χ0) is 6.41. The zero-order valence-electron chi connectivity index (χ0n) is 4.54. The van der Waals surface area contributed by atoms with Crippen molar-refractivity contribution in [3.63, 3.8) is 0 Å². The van der Waals surface area contributed by atoms with Crippen LogP contribution >= 0.6 is 25.3 Å². The third kappa shape index (κ3) is 3.25. The minimum absolute atomic E-state index is 0.632. The molecule has 0 aromatic carbocycles. The van der Waals surface area contributed by atoms with Gasteiger partial charge in [-0.05, 0) is 0 Å². The predicted molar refractivity (Wildman–Crippen MR) is 43.2 cm³/mol. The van der Waals surface area contributed by atoms with E-state index in [4.69, 9.17) is 6.42 Å². The first-order valence-electron chi connectivity index (χ1n) is 2.22. The molecule has 0 rings (SSSR count). The molecule has 0 aromatic heterocycles. The molecule has 0 radical (unpaired) electrons. The monoisotopic (exact) mass is 147 g/mol. The molecule has 0 aliphatic rings. The molecule has 3 heteroatoms. The van der Waals surface area contributed by atoms with E-state index in [0.29, 0.717) is 18.3 Å². The van der Waals surface area contributed by atoms with E-state index in [-0.39, 0.29) is 0 Å². The lowest BCUT2D eigenvalue weighted by Crippen LogP contribution is -2.20. The van der Waals surface area contributed by atoms with E-state index in [9.17, 15) is 0 Å². The number of terminal acetylenes is 1. The predicted octanol–water partition coefficient (Wildman–Crippen LogP) is 0.696. The maximum Gasteiger partial charge on any atom is 0.0613 e. The number of hydrogen-bond donors (Lipinski definition) is 2. The molecule has 0 unspecified atom stereocenters. The van der Waals surface area contributed by atoms with Gasteiger partial charge in [0, 0.05) is 11.8 Å². The normalized spacial score (nSPS) is 9.25. The fourth-order valence-corrected chi connectivity index (χ4v) is 0.832. The maximum atomic E-state index is 5.02. The second-order valence-corrected chi connectivity index (χ2v) is 1.88. The maximum absolute atomic E-state index is 5.02. The van der Waals surface area contributed by atoms with Crippen molar-refractivity contribution in [2.24, 2.45) is 0 Å². The van der Waals surface area contributed by atoms with E-state index in [1.807, 2.05) is 4.90 Å². The van der Waals surface area contributed by atoms with Crippen LogP contribution in [0.4, 0.5) is 0 Å². The Kier molecular flexibility index (Phi) is 5.51. The van der Waals surface area contributed by atoms with Gasteiger partial charge in [0.05, 0.1) is 6.54 Å². The van der Waals surface area contributed by atoms with Gasteiger partial charge in [0.15, 0.2) is 0 Å². The van der Waals surface area contributed by atoms with Crippen LogP contribution in [-0.2, 0) is 0 Å². The Morgan fingerprint density at radius 3 is 2.00 bits per heavy atom. The molecule has 0 spiro atoms. The first-order chi connectivity index (χ1) is 3.85. The molecule has 46 valence electrons. The number of rotatable bonds is 3. The molecule has 0 saturated heterocycles. The molecule has 0 aromatic rings. The second kappa shape index (κ2) is 5.36. The fraction of sp³-hybridized carbons (Fsp3) is 0.600. The highest BCUT2D eigenvalue weighted by atomic mass is 32.1. The van der Waals surface area contributed by atoms with Crippen molar-refractivity contribution < 1.29 is 0 Å². The summed E-state index contributed by atoms with van der Waals surface area (Å²) in [5.41, 5.74) is 0. The number of thiol groups is 2. The summed E-state index contributed by atoms with van der Waals surface area (Å²) in [5, 5.41) is 0. The summed E-state index contributed by atoms with van der Waals surface area (Å²) in [4.78, 5) is 1.92. The number of hydrogen-bond acceptors (Lipinski definition) is 3. The summed E-state index contributed by atoms with van der Waals surface area (Å²) < 4.78 is 0. The summed E-state index contributed by atoms with van der Waals surface area (Å²) in [6, 6.07) is 0. The van der Waals surface area contributed by atoms with Crippen molar-refractivity contribution in [3.05, 3.63) is 0 Å². The average Bonchev–Trinajstić information content (AvgIpc) is 1.83. The lowest BCUT2D eigenvalue weighted by atomic mass is 10.6. The third-order valence-corrected chi connectivity index (χ3v) is 1.51. The molecule has 0 amide bonds. The van der Waals surface area contributed by atoms with Gasteiger partial charge in [-0.2, -0.15) is 25.3 Å². The Balaban J connectivity index is 3.25. The molecular formula is C5H9NS2. The van der Waals surface area contributed by atoms with Gasteiger partial charge in [0.1, 0.15) is 0 Å². The van der Waals surface area contributed by atoms with Gasteiger partial charge in [-0.1, -0.05) is 5.92 Å². The van der Waals surface area contributed by atoms with E-state index < -0.39 is 0 Å². The van der Waals surface area contributed by atoms with Crippen molar-refractivity contribution in [2.45, 2.75) is 0 Å². The smallest absolute Gasteiger partial charge is 0.0613 e. The van der Waals surface area contributed by atoms with Crippen molar-refractivity contribution in [2.75, 3.05) is 18.3 Å². The molecule has 0 aliphatic carbocycles. The van der Waals surface area contributed by atoms with Crippen molar-refractivity contribution >= 4 is 25.3 Å². The SMILES string of the molecule is C#CCN(CS)CS. The fourth-order valence-electron chi connectivity index (χ4n) is 0.274. The Labute approximate surface area is 61.3 Å². The lowest BCUT2D eigenvalue weighted by Gasteiger charge is -2.11. The van der Waals surface area contributed by atoms with Crippen LogP contribution in [0.5, 0.6) is 0 Å². The zero-order valence-corrected chi connectivity index (χ0v) is 6.33. The molecule has 0 aliphatic heterocycles. The van der Waals surface area contributed by atoms with Crippen LogP contribution in [0.1, 0.15) is 0 Å². The molecular weight excluding hydrogens is 138 g/mol. The summed E-state index contributed by atoms with van der Waals surface area (Å²) in [7, 11) is 0. The van der Waals surface area contributed by atoms with Crippen molar-refractivity contribution in [1.29, 1.82) is 0 Å². The molecule has 8 heavy (non-hydrogen) atoms. The van der Waals surface area contributed by atoms with Gasteiger partial charge >= 0.3 is 0 Å². The van der Waals surface area contributed by atoms with Gasteiger partial charge in [0.2, 0.25) is 0 Å². The van der Waals surface area contributed by atoms with Gasteiger partial charge in [-0.25, -0.2) is 0 Å². The third-order valence-electron chi connectivity index (χ3n) is 0.715. The van der Waals surface area contributed by atoms with Gasteiger partial charge in [-0.3, -0.25) is 4.90 Å². The molecule has 0 heterocycles. The summed E-state index contributed by atoms with van der Waals surface area (Å²) in [6.45, 7) is 0.632. The topological polar surface area (TPSA) is 3.24 Å². The highest BCUT2D eigenvalue weighted by Gasteiger charge is 1.92. The highest BCUT2D eigenvalue weighted by Crippen LogP contribution is 1.90. The summed E-state index contributed by atoms with van der Waals surface area (Å²) in [5.74, 6) is 3.85. The Morgan fingerprint density at radius 2 is 1.88 bits per heavy atom. The Hall–Kier alpha value is 0.220. The van der Waals surface area contributed by atoms with Crippen molar-refractivity contribution in [3.8, 4) is 12.3 Å². The first kappa shape index (κ1) is 8.22. The Morgan fingerprint density at radius 1 is 1.38 bits per heavy atom. The van der Waals surface area contributed by atoms with Crippen LogP contribution < -0.4 is 0 Å². The quantitative estimate of drug-likeness (QED) is 0.337. The van der Waals surface area contributed by atoms with E-state index in [1.165, 1.54) is 0 Å². The minimum Gasteiger partial charge on any atom is -0.274 e. The summed E-state index contributed by atoms with van der Waals surface area (Å²) >= 11 is 8.02. The molecule has 0 atom stereocenters. The molecule has 0 bridgehead atoms. The minimum atomic E-state index is 0.632. The van der Waals surface area contributed by atoms with Gasteiger partial charge < -0.3 is 0 Å². The Bertz CT molecular complexity index is 82.9. The molecule has 0 N–H and O–H groups in total. The number of nitrogens with zero attached hydrogens (tertiary/aromatic N) is 1. The highest BCUT2D eigenvalue weighted by molar-refractivity contribution is 7.81. The first-order valence-corrected chi connectivity index (χ1v) is 3.49. The van der Waals surface area contributed by atoms with Crippen LogP contribution in [0.25, 0.3) is 0 Å². The van der Waals surface area contributed by atoms with E-state index >= 15 is 0 Å². The largest absolute Gasteiger partial charge is 0.274 e. The standard InChI is InChI=1S/C5H9NS2/c1-2-3-6(4-7)5-8/h1,7-8H,3-5H2. The lowest BCUT2D eigenvalue weighted by molar-refractivity contribution is 0.430. The van der Waals surface area contributed by atoms with Gasteiger partial charge in [-0.15, -0.1) is 6.42 Å². The van der Waals surface area contributed by atoms with Crippen LogP contribution in [0.15, 0.2) is 0 Å². The molecule has 0 fully saturated rings. The molecule has 0 saturated carbocycles. The summed E-state index contributed by atoms with van der Waals surface area (Å²) in [6.07, 6.45) is 5.02. The van der Waals surface area contributed by atoms with E-state index in [2.05, 4.69) is 31.2 Å². The van der Waals surface area contributed by atoms with Gasteiger partial charge in [0.25, 0.3) is 0 Å². The van der Waals surface area contributed by atoms with E-state index in [0.717, 1.165) is 0 Å². The average molecular weight is 147 g/mol. The van der Waals surface area contributed by atoms with Crippen molar-refractivity contribution in [1.82, 2.24) is 4.90 Å². The van der Waals surface area contributed by atoms with Crippen LogP contribution in [0.2, 0.25) is 0 Å². The van der Waals surface area contributed by atoms with Crippen LogP contribution in [-0.4, -0.2) is 23.2 Å². The second-order valence-electron chi connectivity index (χ2n) is 1.32. The van der Waals surface area contributed by atoms with Crippen LogP contribution in [0.3, 0.4) is 0 Å².